The van der Waals surface area contributed by atoms with Gasteiger partial charge >= 0.3 is 0 Å². The predicted octanol–water partition coefficient (Wildman–Crippen LogP) is 5.58. The molecule has 0 aromatic heterocycles. The van der Waals surface area contributed by atoms with Crippen molar-refractivity contribution < 1.29 is 8.82 Å². The maximum atomic E-state index is 13.6. The lowest BCUT2D eigenvalue weighted by molar-refractivity contribution is 0.160. The van der Waals surface area contributed by atoms with Crippen LogP contribution in [0.4, 0.5) is 10.1 Å². The van der Waals surface area contributed by atoms with Crippen LogP contribution < -0.4 is 4.90 Å². The van der Waals surface area contributed by atoms with Crippen LogP contribution in [0.5, 0.6) is 0 Å². The molecule has 0 unspecified atom stereocenters. The lowest BCUT2D eigenvalue weighted by Crippen LogP contribution is -2.49. The molecule has 1 saturated heterocycles. The van der Waals surface area contributed by atoms with Crippen molar-refractivity contribution in [3.05, 3.63) is 28.5 Å². The molecule has 2 rings (SSSR count). The highest BCUT2D eigenvalue weighted by Gasteiger charge is 2.40. The van der Waals surface area contributed by atoms with Gasteiger partial charge in [0.05, 0.1) is 11.8 Å². The molecule has 1 aromatic rings. The van der Waals surface area contributed by atoms with E-state index in [0.29, 0.717) is 0 Å². The summed E-state index contributed by atoms with van der Waals surface area (Å²) in [5.74, 6) is -0.189. The van der Waals surface area contributed by atoms with Gasteiger partial charge in [-0.15, -0.1) is 0 Å². The van der Waals surface area contributed by atoms with Crippen LogP contribution in [0.2, 0.25) is 18.1 Å². The van der Waals surface area contributed by atoms with E-state index in [0.717, 1.165) is 36.1 Å². The van der Waals surface area contributed by atoms with E-state index >= 15 is 0 Å². The largest absolute Gasteiger partial charge is 0.412 e. The van der Waals surface area contributed by atoms with Gasteiger partial charge in [0.2, 0.25) is 0 Å². The second-order valence-electron chi connectivity index (χ2n) is 7.68. The molecule has 1 aromatic carbocycles. The first-order valence-corrected chi connectivity index (χ1v) is 11.7. The van der Waals surface area contributed by atoms with Gasteiger partial charge in [-0.1, -0.05) is 20.8 Å². The first-order valence-electron chi connectivity index (χ1n) is 7.98. The zero-order valence-electron chi connectivity index (χ0n) is 14.2. The highest BCUT2D eigenvalue weighted by atomic mass is 79.9. The molecule has 1 heterocycles. The van der Waals surface area contributed by atoms with E-state index in [9.17, 15) is 4.39 Å². The van der Waals surface area contributed by atoms with E-state index in [1.807, 2.05) is 0 Å². The number of nitrogens with zero attached hydrogens (tertiary/aromatic N) is 1. The van der Waals surface area contributed by atoms with Crippen LogP contribution in [0.1, 0.15) is 33.6 Å². The molecular formula is C17H27BrFNOSi. The van der Waals surface area contributed by atoms with E-state index < -0.39 is 8.32 Å². The number of hydrogen-bond acceptors (Lipinski definition) is 2. The van der Waals surface area contributed by atoms with Gasteiger partial charge in [0.1, 0.15) is 5.82 Å². The Morgan fingerprint density at radius 2 is 2.00 bits per heavy atom. The van der Waals surface area contributed by atoms with Gasteiger partial charge in [-0.3, -0.25) is 0 Å². The molecule has 0 bridgehead atoms. The zero-order valence-corrected chi connectivity index (χ0v) is 16.8. The van der Waals surface area contributed by atoms with Gasteiger partial charge in [0.25, 0.3) is 0 Å². The fourth-order valence-corrected chi connectivity index (χ4v) is 4.45. The molecule has 1 atom stereocenters. The molecule has 0 saturated carbocycles. The number of benzene rings is 1. The molecule has 0 spiro atoms. The maximum Gasteiger partial charge on any atom is 0.192 e. The van der Waals surface area contributed by atoms with Gasteiger partial charge in [0.15, 0.2) is 8.32 Å². The van der Waals surface area contributed by atoms with Gasteiger partial charge in [-0.25, -0.2) is 4.39 Å². The Bertz CT molecular complexity index is 530. The number of rotatable bonds is 3. The molecule has 2 nitrogen and oxygen atoms in total. The lowest BCUT2D eigenvalue weighted by Gasteiger charge is -2.43. The topological polar surface area (TPSA) is 12.5 Å². The summed E-state index contributed by atoms with van der Waals surface area (Å²) in [6, 6.07) is 4.88. The van der Waals surface area contributed by atoms with Crippen LogP contribution in [-0.2, 0) is 4.43 Å². The molecular weight excluding hydrogens is 361 g/mol. The minimum absolute atomic E-state index is 0.189. The molecule has 1 aliphatic rings. The Morgan fingerprint density at radius 3 is 2.64 bits per heavy atom. The van der Waals surface area contributed by atoms with Crippen molar-refractivity contribution in [1.29, 1.82) is 0 Å². The van der Waals surface area contributed by atoms with Crippen molar-refractivity contribution in [3.63, 3.8) is 0 Å². The summed E-state index contributed by atoms with van der Waals surface area (Å²) in [7, 11) is -1.76. The average Bonchev–Trinajstić information content (AvgIpc) is 2.40. The highest BCUT2D eigenvalue weighted by molar-refractivity contribution is 9.10. The third kappa shape index (κ3) is 4.12. The van der Waals surface area contributed by atoms with E-state index in [2.05, 4.69) is 54.7 Å². The highest BCUT2D eigenvalue weighted by Crippen LogP contribution is 2.39. The van der Waals surface area contributed by atoms with Crippen molar-refractivity contribution in [2.75, 3.05) is 18.0 Å². The Hall–Kier alpha value is -0.393. The number of halogens is 2. The third-order valence-corrected chi connectivity index (χ3v) is 10.1. The van der Waals surface area contributed by atoms with E-state index in [1.165, 1.54) is 6.07 Å². The molecule has 1 aliphatic heterocycles. The van der Waals surface area contributed by atoms with Crippen molar-refractivity contribution in [3.8, 4) is 0 Å². The standard InChI is InChI=1S/C17H27BrFNOSi/c1-17(2,3)22(4,5)21-14-7-6-10-20(12-14)16-11-13(19)8-9-15(16)18/h8-9,11,14H,6-7,10,12H2,1-5H3/t14-/m1/s1. The monoisotopic (exact) mass is 387 g/mol. The second-order valence-corrected chi connectivity index (χ2v) is 13.3. The van der Waals surface area contributed by atoms with E-state index in [1.54, 1.807) is 12.1 Å². The third-order valence-electron chi connectivity index (χ3n) is 4.89. The first-order chi connectivity index (χ1) is 10.1. The molecule has 1 fully saturated rings. The zero-order chi connectivity index (χ0) is 16.5. The summed E-state index contributed by atoms with van der Waals surface area (Å²) in [4.78, 5) is 2.24. The molecule has 5 heteroatoms. The SMILES string of the molecule is CC(C)(C)[Si](C)(C)O[C@@H]1CCCN(c2cc(F)ccc2Br)C1. The molecule has 22 heavy (non-hydrogen) atoms. The minimum atomic E-state index is -1.76. The summed E-state index contributed by atoms with van der Waals surface area (Å²) in [6.45, 7) is 13.2. The van der Waals surface area contributed by atoms with Crippen LogP contribution >= 0.6 is 15.9 Å². The summed E-state index contributed by atoms with van der Waals surface area (Å²) in [5, 5.41) is 0.217. The number of hydrogen-bond donors (Lipinski definition) is 0. The van der Waals surface area contributed by atoms with Gasteiger partial charge in [-0.05, 0) is 65.1 Å². The normalized spacial score (nSPS) is 20.3. The maximum absolute atomic E-state index is 13.6. The van der Waals surface area contributed by atoms with Crippen molar-refractivity contribution in [1.82, 2.24) is 0 Å². The smallest absolute Gasteiger partial charge is 0.192 e. The second kappa shape index (κ2) is 6.61. The van der Waals surface area contributed by atoms with Crippen LogP contribution in [0.25, 0.3) is 0 Å². The van der Waals surface area contributed by atoms with Crippen LogP contribution in [0.3, 0.4) is 0 Å². The molecule has 0 N–H and O–H groups in total. The van der Waals surface area contributed by atoms with Gasteiger partial charge < -0.3 is 9.33 Å². The Balaban J connectivity index is 2.11. The van der Waals surface area contributed by atoms with E-state index in [-0.39, 0.29) is 17.0 Å². The molecule has 0 amide bonds. The summed E-state index contributed by atoms with van der Waals surface area (Å²) in [5.41, 5.74) is 0.934. The Morgan fingerprint density at radius 1 is 1.32 bits per heavy atom. The van der Waals surface area contributed by atoms with Crippen molar-refractivity contribution in [2.45, 2.75) is 57.8 Å². The number of piperidine rings is 1. The van der Waals surface area contributed by atoms with Crippen LogP contribution in [0.15, 0.2) is 22.7 Å². The van der Waals surface area contributed by atoms with Crippen molar-refractivity contribution in [2.24, 2.45) is 0 Å². The predicted molar refractivity (Wildman–Crippen MR) is 97.6 cm³/mol. The van der Waals surface area contributed by atoms with Gasteiger partial charge in [-0.2, -0.15) is 0 Å². The minimum Gasteiger partial charge on any atom is -0.412 e. The average molecular weight is 388 g/mol. The number of anilines is 1. The van der Waals surface area contributed by atoms with Crippen LogP contribution in [-0.4, -0.2) is 27.5 Å². The lowest BCUT2D eigenvalue weighted by atomic mass is 10.1. The van der Waals surface area contributed by atoms with Gasteiger partial charge in [0, 0.05) is 17.6 Å². The van der Waals surface area contributed by atoms with Crippen LogP contribution in [0, 0.1) is 5.82 Å². The Kier molecular flexibility index (Phi) is 5.40. The molecule has 0 radical (unpaired) electrons. The van der Waals surface area contributed by atoms with Crippen molar-refractivity contribution >= 4 is 29.9 Å². The fraction of sp³-hybridized carbons (Fsp3) is 0.647. The first kappa shape index (κ1) is 18.0. The summed E-state index contributed by atoms with van der Waals surface area (Å²) < 4.78 is 21.1. The summed E-state index contributed by atoms with van der Waals surface area (Å²) in [6.07, 6.45) is 2.42. The molecule has 124 valence electrons. The quantitative estimate of drug-likeness (QED) is 0.627. The summed E-state index contributed by atoms with van der Waals surface area (Å²) >= 11 is 3.54. The Labute approximate surface area is 143 Å². The fourth-order valence-electron chi connectivity index (χ4n) is 2.57. The molecule has 0 aliphatic carbocycles. The van der Waals surface area contributed by atoms with E-state index in [4.69, 9.17) is 4.43 Å².